The highest BCUT2D eigenvalue weighted by Crippen LogP contribution is 2.23. The smallest absolute Gasteiger partial charge is 0.225 e. The SMILES string of the molecule is O=C(CCCl)Nc1ccc(I)cc1Cl. The van der Waals surface area contributed by atoms with Crippen molar-refractivity contribution in [2.75, 3.05) is 11.2 Å². The van der Waals surface area contributed by atoms with Crippen molar-refractivity contribution in [2.24, 2.45) is 0 Å². The molecule has 1 aromatic rings. The molecule has 0 bridgehead atoms. The van der Waals surface area contributed by atoms with Gasteiger partial charge in [-0.05, 0) is 40.8 Å². The van der Waals surface area contributed by atoms with Crippen molar-refractivity contribution in [1.29, 1.82) is 0 Å². The molecule has 0 aliphatic carbocycles. The normalized spacial score (nSPS) is 9.93. The topological polar surface area (TPSA) is 29.1 Å². The van der Waals surface area contributed by atoms with E-state index < -0.39 is 0 Å². The van der Waals surface area contributed by atoms with Gasteiger partial charge in [0.2, 0.25) is 5.91 Å². The highest BCUT2D eigenvalue weighted by atomic mass is 127. The van der Waals surface area contributed by atoms with Crippen molar-refractivity contribution in [3.8, 4) is 0 Å². The van der Waals surface area contributed by atoms with Gasteiger partial charge in [0.05, 0.1) is 10.7 Å². The number of amides is 1. The van der Waals surface area contributed by atoms with Crippen LogP contribution in [-0.2, 0) is 4.79 Å². The van der Waals surface area contributed by atoms with E-state index in [-0.39, 0.29) is 5.91 Å². The molecule has 1 N–H and O–H groups in total. The van der Waals surface area contributed by atoms with Crippen molar-refractivity contribution < 1.29 is 4.79 Å². The summed E-state index contributed by atoms with van der Waals surface area (Å²) < 4.78 is 1.03. The molecule has 1 amide bonds. The first-order valence-corrected chi connectivity index (χ1v) is 5.93. The Balaban J connectivity index is 2.72. The Morgan fingerprint density at radius 1 is 1.50 bits per heavy atom. The van der Waals surface area contributed by atoms with Gasteiger partial charge in [-0.15, -0.1) is 11.6 Å². The number of alkyl halides is 1. The molecule has 1 rings (SSSR count). The zero-order valence-corrected chi connectivity index (χ0v) is 10.9. The molecule has 5 heteroatoms. The van der Waals surface area contributed by atoms with Crippen LogP contribution in [0.5, 0.6) is 0 Å². The van der Waals surface area contributed by atoms with Gasteiger partial charge in [-0.1, -0.05) is 11.6 Å². The molecule has 0 aliphatic heterocycles. The number of halogens is 3. The first-order chi connectivity index (χ1) is 6.63. The van der Waals surface area contributed by atoms with Crippen molar-refractivity contribution >= 4 is 57.4 Å². The molecule has 0 unspecified atom stereocenters. The first-order valence-electron chi connectivity index (χ1n) is 3.94. The zero-order valence-electron chi connectivity index (χ0n) is 7.19. The molecule has 0 fully saturated rings. The van der Waals surface area contributed by atoms with Crippen LogP contribution < -0.4 is 5.32 Å². The van der Waals surface area contributed by atoms with Gasteiger partial charge in [-0.3, -0.25) is 4.79 Å². The molecule has 0 radical (unpaired) electrons. The third-order valence-corrected chi connectivity index (χ3v) is 2.70. The Morgan fingerprint density at radius 2 is 2.21 bits per heavy atom. The van der Waals surface area contributed by atoms with Crippen LogP contribution in [0, 0.1) is 3.57 Å². The van der Waals surface area contributed by atoms with Crippen molar-refractivity contribution in [2.45, 2.75) is 6.42 Å². The standard InChI is InChI=1S/C9H8Cl2INO/c10-4-3-9(14)13-8-2-1-6(12)5-7(8)11/h1-2,5H,3-4H2,(H,13,14). The number of rotatable bonds is 3. The minimum Gasteiger partial charge on any atom is -0.325 e. The predicted molar refractivity (Wildman–Crippen MR) is 68.1 cm³/mol. The minimum absolute atomic E-state index is 0.122. The lowest BCUT2D eigenvalue weighted by atomic mass is 10.3. The summed E-state index contributed by atoms with van der Waals surface area (Å²) in [6.45, 7) is 0. The summed E-state index contributed by atoms with van der Waals surface area (Å²) in [5.41, 5.74) is 0.627. The third-order valence-electron chi connectivity index (χ3n) is 1.53. The number of benzene rings is 1. The fourth-order valence-electron chi connectivity index (χ4n) is 0.889. The first kappa shape index (κ1) is 12.1. The van der Waals surface area contributed by atoms with E-state index in [1.54, 1.807) is 12.1 Å². The average molecular weight is 344 g/mol. The molecular formula is C9H8Cl2INO. The van der Waals surface area contributed by atoms with Crippen LogP contribution in [0.25, 0.3) is 0 Å². The van der Waals surface area contributed by atoms with E-state index in [4.69, 9.17) is 23.2 Å². The van der Waals surface area contributed by atoms with Crippen LogP contribution in [0.1, 0.15) is 6.42 Å². The van der Waals surface area contributed by atoms with E-state index in [1.165, 1.54) is 0 Å². The number of anilines is 1. The van der Waals surface area contributed by atoms with E-state index in [0.29, 0.717) is 23.0 Å². The summed E-state index contributed by atoms with van der Waals surface area (Å²) in [7, 11) is 0. The molecule has 0 saturated heterocycles. The Morgan fingerprint density at radius 3 is 2.79 bits per heavy atom. The molecule has 0 aliphatic rings. The summed E-state index contributed by atoms with van der Waals surface area (Å²) in [5.74, 6) is 0.191. The maximum absolute atomic E-state index is 11.2. The maximum atomic E-state index is 11.2. The van der Waals surface area contributed by atoms with Crippen LogP contribution in [0.15, 0.2) is 18.2 Å². The van der Waals surface area contributed by atoms with E-state index >= 15 is 0 Å². The Bertz CT molecular complexity index is 344. The van der Waals surface area contributed by atoms with Crippen LogP contribution in [0.2, 0.25) is 5.02 Å². The molecule has 76 valence electrons. The van der Waals surface area contributed by atoms with E-state index in [2.05, 4.69) is 27.9 Å². The van der Waals surface area contributed by atoms with E-state index in [1.807, 2.05) is 6.07 Å². The number of nitrogens with one attached hydrogen (secondary N) is 1. The van der Waals surface area contributed by atoms with Crippen LogP contribution in [0.3, 0.4) is 0 Å². The van der Waals surface area contributed by atoms with Gasteiger partial charge in [-0.2, -0.15) is 0 Å². The van der Waals surface area contributed by atoms with Gasteiger partial charge in [-0.25, -0.2) is 0 Å². The van der Waals surface area contributed by atoms with Crippen molar-refractivity contribution in [1.82, 2.24) is 0 Å². The lowest BCUT2D eigenvalue weighted by Gasteiger charge is -2.06. The third kappa shape index (κ3) is 3.63. The molecule has 0 atom stereocenters. The maximum Gasteiger partial charge on any atom is 0.225 e. The molecule has 2 nitrogen and oxygen atoms in total. The minimum atomic E-state index is -0.122. The fourth-order valence-corrected chi connectivity index (χ4v) is 1.96. The van der Waals surface area contributed by atoms with Gasteiger partial charge in [0, 0.05) is 15.9 Å². The van der Waals surface area contributed by atoms with Gasteiger partial charge in [0.15, 0.2) is 0 Å². The van der Waals surface area contributed by atoms with Crippen molar-refractivity contribution in [3.05, 3.63) is 26.8 Å². The fraction of sp³-hybridized carbons (Fsp3) is 0.222. The summed E-state index contributed by atoms with van der Waals surface area (Å²) in [6, 6.07) is 5.44. The van der Waals surface area contributed by atoms with Crippen molar-refractivity contribution in [3.63, 3.8) is 0 Å². The molecule has 0 saturated carbocycles. The Hall–Kier alpha value is -0.0000000000000000555. The molecule has 0 aromatic heterocycles. The van der Waals surface area contributed by atoms with E-state index in [0.717, 1.165) is 3.57 Å². The second kappa shape index (κ2) is 5.78. The van der Waals surface area contributed by atoms with E-state index in [9.17, 15) is 4.79 Å². The number of hydrogen-bond donors (Lipinski definition) is 1. The Labute approximate surface area is 106 Å². The number of carbonyl (C=O) groups is 1. The van der Waals surface area contributed by atoms with Crippen LogP contribution >= 0.6 is 45.8 Å². The van der Waals surface area contributed by atoms with Crippen LogP contribution in [-0.4, -0.2) is 11.8 Å². The average Bonchev–Trinajstić information content (AvgIpc) is 2.10. The molecule has 0 heterocycles. The van der Waals surface area contributed by atoms with Gasteiger partial charge >= 0.3 is 0 Å². The summed E-state index contributed by atoms with van der Waals surface area (Å²) >= 11 is 13.5. The summed E-state index contributed by atoms with van der Waals surface area (Å²) in [6.07, 6.45) is 0.296. The molecule has 1 aromatic carbocycles. The highest BCUT2D eigenvalue weighted by molar-refractivity contribution is 14.1. The van der Waals surface area contributed by atoms with Gasteiger partial charge in [0.1, 0.15) is 0 Å². The molecular weight excluding hydrogens is 336 g/mol. The second-order valence-corrected chi connectivity index (χ2v) is 4.64. The highest BCUT2D eigenvalue weighted by Gasteiger charge is 2.04. The monoisotopic (exact) mass is 343 g/mol. The lowest BCUT2D eigenvalue weighted by molar-refractivity contribution is -0.115. The quantitative estimate of drug-likeness (QED) is 0.660. The van der Waals surface area contributed by atoms with Crippen LogP contribution in [0.4, 0.5) is 5.69 Å². The molecule has 0 spiro atoms. The lowest BCUT2D eigenvalue weighted by Crippen LogP contribution is -2.11. The van der Waals surface area contributed by atoms with Gasteiger partial charge < -0.3 is 5.32 Å². The molecule has 14 heavy (non-hydrogen) atoms. The Kier molecular flexibility index (Phi) is 4.98. The summed E-state index contributed by atoms with van der Waals surface area (Å²) in [4.78, 5) is 11.2. The zero-order chi connectivity index (χ0) is 10.6. The second-order valence-electron chi connectivity index (χ2n) is 2.61. The number of carbonyl (C=O) groups excluding carboxylic acids is 1. The summed E-state index contributed by atoms with van der Waals surface area (Å²) in [5, 5.41) is 3.22. The predicted octanol–water partition coefficient (Wildman–Crippen LogP) is 3.51. The largest absolute Gasteiger partial charge is 0.325 e. The number of hydrogen-bond acceptors (Lipinski definition) is 1. The van der Waals surface area contributed by atoms with Gasteiger partial charge in [0.25, 0.3) is 0 Å².